The third-order valence-corrected chi connectivity index (χ3v) is 3.30. The summed E-state index contributed by atoms with van der Waals surface area (Å²) in [7, 11) is 0. The van der Waals surface area contributed by atoms with Crippen molar-refractivity contribution in [2.24, 2.45) is 5.10 Å². The first-order chi connectivity index (χ1) is 12.1. The molecule has 0 aliphatic carbocycles. The van der Waals surface area contributed by atoms with Crippen molar-refractivity contribution in [2.75, 3.05) is 11.9 Å². The van der Waals surface area contributed by atoms with E-state index in [1.807, 2.05) is 31.2 Å². The number of nitrogens with zero attached hydrogens (tertiary/aromatic N) is 2. The van der Waals surface area contributed by atoms with Gasteiger partial charge in [0.25, 0.3) is 11.6 Å². The van der Waals surface area contributed by atoms with Crippen LogP contribution in [0, 0.1) is 17.0 Å². The molecule has 2 aromatic rings. The van der Waals surface area contributed by atoms with Crippen molar-refractivity contribution in [3.05, 3.63) is 75.8 Å². The molecule has 0 aliphatic heterocycles. The normalized spacial score (nSPS) is 10.9. The van der Waals surface area contributed by atoms with Crippen LogP contribution in [0.25, 0.3) is 6.08 Å². The molecule has 2 N–H and O–H groups in total. The van der Waals surface area contributed by atoms with Crippen LogP contribution in [0.1, 0.15) is 11.1 Å². The first-order valence-electron chi connectivity index (χ1n) is 7.59. The number of carbonyl (C=O) groups excluding carboxylic acids is 1. The number of hydrazone groups is 1. The Morgan fingerprint density at radius 1 is 1.24 bits per heavy atom. The third kappa shape index (κ3) is 5.91. The van der Waals surface area contributed by atoms with Crippen LogP contribution in [0.5, 0.6) is 0 Å². The smallest absolute Gasteiger partial charge is 0.270 e. The second-order valence-corrected chi connectivity index (χ2v) is 5.19. The van der Waals surface area contributed by atoms with Gasteiger partial charge in [0.15, 0.2) is 0 Å². The summed E-state index contributed by atoms with van der Waals surface area (Å²) in [5, 5.41) is 17.5. The number of rotatable bonds is 7. The monoisotopic (exact) mass is 338 g/mol. The van der Waals surface area contributed by atoms with E-state index < -0.39 is 4.92 Å². The highest BCUT2D eigenvalue weighted by Gasteiger charge is 2.03. The Kier molecular flexibility index (Phi) is 6.41. The minimum Gasteiger partial charge on any atom is -0.376 e. The number of aryl methyl sites for hydroxylation is 1. The molecule has 0 unspecified atom stereocenters. The van der Waals surface area contributed by atoms with Crippen LogP contribution >= 0.6 is 0 Å². The van der Waals surface area contributed by atoms with Crippen molar-refractivity contribution in [3.8, 4) is 0 Å². The van der Waals surface area contributed by atoms with E-state index in [0.717, 1.165) is 11.3 Å². The van der Waals surface area contributed by atoms with Crippen molar-refractivity contribution >= 4 is 29.6 Å². The fourth-order valence-corrected chi connectivity index (χ4v) is 2.03. The second-order valence-electron chi connectivity index (χ2n) is 5.19. The van der Waals surface area contributed by atoms with Crippen molar-refractivity contribution in [2.45, 2.75) is 6.92 Å². The van der Waals surface area contributed by atoms with E-state index in [4.69, 9.17) is 0 Å². The predicted molar refractivity (Wildman–Crippen MR) is 98.4 cm³/mol. The maximum absolute atomic E-state index is 11.7. The largest absolute Gasteiger partial charge is 0.376 e. The molecule has 0 saturated carbocycles. The maximum atomic E-state index is 11.7. The average Bonchev–Trinajstić information content (AvgIpc) is 2.61. The van der Waals surface area contributed by atoms with Crippen LogP contribution in [0.4, 0.5) is 11.4 Å². The number of nitrogens with one attached hydrogen (secondary N) is 2. The molecule has 0 saturated heterocycles. The van der Waals surface area contributed by atoms with Crippen LogP contribution in [0.3, 0.4) is 0 Å². The molecule has 0 spiro atoms. The lowest BCUT2D eigenvalue weighted by molar-refractivity contribution is -0.384. The van der Waals surface area contributed by atoms with Gasteiger partial charge in [0, 0.05) is 24.0 Å². The zero-order valence-corrected chi connectivity index (χ0v) is 13.7. The van der Waals surface area contributed by atoms with Crippen LogP contribution in [0.2, 0.25) is 0 Å². The summed E-state index contributed by atoms with van der Waals surface area (Å²) in [4.78, 5) is 21.9. The molecule has 1 amide bonds. The molecule has 128 valence electrons. The van der Waals surface area contributed by atoms with Crippen LogP contribution < -0.4 is 10.7 Å². The number of nitro benzene ring substituents is 1. The summed E-state index contributed by atoms with van der Waals surface area (Å²) in [5.41, 5.74) is 5.04. The summed E-state index contributed by atoms with van der Waals surface area (Å²) in [6.45, 7) is 2.06. The maximum Gasteiger partial charge on any atom is 0.270 e. The molecule has 2 aromatic carbocycles. The van der Waals surface area contributed by atoms with Gasteiger partial charge in [0.05, 0.1) is 11.5 Å². The topological polar surface area (TPSA) is 96.6 Å². The Bertz CT molecular complexity index is 815. The van der Waals surface area contributed by atoms with Gasteiger partial charge in [0.2, 0.25) is 0 Å². The minimum absolute atomic E-state index is 0.0228. The van der Waals surface area contributed by atoms with E-state index in [1.54, 1.807) is 24.3 Å². The molecule has 7 nitrogen and oxygen atoms in total. The number of para-hydroxylation sites is 1. The highest BCUT2D eigenvalue weighted by molar-refractivity contribution is 5.83. The molecule has 0 radical (unpaired) electrons. The highest BCUT2D eigenvalue weighted by atomic mass is 16.6. The van der Waals surface area contributed by atoms with Crippen LogP contribution in [-0.2, 0) is 4.79 Å². The number of hydrogen-bond donors (Lipinski definition) is 2. The van der Waals surface area contributed by atoms with E-state index in [1.165, 1.54) is 18.3 Å². The zero-order chi connectivity index (χ0) is 18.1. The second kappa shape index (κ2) is 8.97. The van der Waals surface area contributed by atoms with E-state index in [-0.39, 0.29) is 18.1 Å². The van der Waals surface area contributed by atoms with Gasteiger partial charge in [-0.1, -0.05) is 36.4 Å². The van der Waals surface area contributed by atoms with Crippen molar-refractivity contribution in [1.29, 1.82) is 0 Å². The Hall–Kier alpha value is -3.48. The summed E-state index contributed by atoms with van der Waals surface area (Å²) in [6.07, 6.45) is 4.66. The summed E-state index contributed by atoms with van der Waals surface area (Å²) >= 11 is 0. The van der Waals surface area contributed by atoms with E-state index in [0.29, 0.717) is 5.56 Å². The summed E-state index contributed by atoms with van der Waals surface area (Å²) in [5.74, 6) is -0.275. The molecule has 25 heavy (non-hydrogen) atoms. The van der Waals surface area contributed by atoms with E-state index >= 15 is 0 Å². The third-order valence-electron chi connectivity index (χ3n) is 3.30. The fraction of sp³-hybridized carbons (Fsp3) is 0.111. The average molecular weight is 338 g/mol. The lowest BCUT2D eigenvalue weighted by atomic mass is 10.2. The molecule has 0 bridgehead atoms. The number of anilines is 1. The Morgan fingerprint density at radius 2 is 2.04 bits per heavy atom. The Balaban J connectivity index is 1.79. The quantitative estimate of drug-likeness (QED) is 0.460. The first kappa shape index (κ1) is 17.9. The van der Waals surface area contributed by atoms with Gasteiger partial charge in [-0.05, 0) is 30.2 Å². The number of nitro groups is 1. The van der Waals surface area contributed by atoms with Gasteiger partial charge in [-0.2, -0.15) is 5.10 Å². The number of carbonyl (C=O) groups is 1. The first-order valence-corrected chi connectivity index (χ1v) is 7.59. The van der Waals surface area contributed by atoms with Crippen molar-refractivity contribution in [3.63, 3.8) is 0 Å². The highest BCUT2D eigenvalue weighted by Crippen LogP contribution is 2.14. The number of non-ortho nitro benzene ring substituents is 1. The predicted octanol–water partition coefficient (Wildman–Crippen LogP) is 3.13. The molecule has 0 aromatic heterocycles. The molecule has 2 rings (SSSR count). The van der Waals surface area contributed by atoms with Gasteiger partial charge in [-0.15, -0.1) is 0 Å². The molecule has 0 fully saturated rings. The molecular formula is C18H18N4O3. The van der Waals surface area contributed by atoms with Crippen LogP contribution in [-0.4, -0.2) is 23.6 Å². The lowest BCUT2D eigenvalue weighted by Gasteiger charge is -2.07. The number of hydrogen-bond acceptors (Lipinski definition) is 5. The van der Waals surface area contributed by atoms with Crippen LogP contribution in [0.15, 0.2) is 59.7 Å². The molecule has 0 atom stereocenters. The minimum atomic E-state index is -0.451. The van der Waals surface area contributed by atoms with Gasteiger partial charge in [0.1, 0.15) is 0 Å². The summed E-state index contributed by atoms with van der Waals surface area (Å²) < 4.78 is 0. The van der Waals surface area contributed by atoms with Gasteiger partial charge < -0.3 is 5.32 Å². The Morgan fingerprint density at radius 3 is 2.80 bits per heavy atom. The molecular weight excluding hydrogens is 320 g/mol. The molecule has 0 heterocycles. The number of amides is 1. The van der Waals surface area contributed by atoms with Gasteiger partial charge in [-0.25, -0.2) is 5.43 Å². The lowest BCUT2D eigenvalue weighted by Crippen LogP contribution is -2.25. The fourth-order valence-electron chi connectivity index (χ4n) is 2.03. The number of benzene rings is 2. The molecule has 7 heteroatoms. The number of allylic oxidation sites excluding steroid dienone is 1. The SMILES string of the molecule is Cc1ccccc1NCC(=O)NN=C/C=C/c1cccc([N+](=O)[O-])c1. The van der Waals surface area contributed by atoms with Gasteiger partial charge >= 0.3 is 0 Å². The zero-order valence-electron chi connectivity index (χ0n) is 13.7. The standard InChI is InChI=1S/C18H18N4O3/c1-14-6-2-3-10-17(14)19-13-18(23)21-20-11-5-8-15-7-4-9-16(12-15)22(24)25/h2-12,19H,13H2,1H3,(H,21,23)/b8-5+,20-11?. The summed E-state index contributed by atoms with van der Waals surface area (Å²) in [6, 6.07) is 13.9. The molecule has 0 aliphatic rings. The van der Waals surface area contributed by atoms with Crippen molar-refractivity contribution < 1.29 is 9.72 Å². The Labute approximate surface area is 145 Å². The van der Waals surface area contributed by atoms with E-state index in [9.17, 15) is 14.9 Å². The van der Waals surface area contributed by atoms with Gasteiger partial charge in [-0.3, -0.25) is 14.9 Å². The van der Waals surface area contributed by atoms with Crippen molar-refractivity contribution in [1.82, 2.24) is 5.43 Å². The van der Waals surface area contributed by atoms with E-state index in [2.05, 4.69) is 15.8 Å².